The van der Waals surface area contributed by atoms with Gasteiger partial charge in [-0.05, 0) is 149 Å². The van der Waals surface area contributed by atoms with Crippen LogP contribution in [0.15, 0.2) is 98.2 Å². The number of fused-ring (bicyclic) bond motifs is 8. The molecule has 0 saturated heterocycles. The molecule has 0 bridgehead atoms. The van der Waals surface area contributed by atoms with Crippen LogP contribution in [0.25, 0.3) is 88.3 Å². The number of hydrogen-bond donors (Lipinski definition) is 9. The summed E-state index contributed by atoms with van der Waals surface area (Å²) in [5.41, 5.74) is 37.5. The molecule has 14 N–H and O–H groups in total. The van der Waals surface area contributed by atoms with Crippen LogP contribution >= 0.6 is 45.7 Å². The second-order valence-electron chi connectivity index (χ2n) is 35.2. The van der Waals surface area contributed by atoms with Crippen LogP contribution in [0.1, 0.15) is 205 Å². The highest BCUT2D eigenvalue weighted by atomic mass is 32.1. The molecule has 116 heavy (non-hydrogen) atoms. The van der Waals surface area contributed by atoms with Crippen molar-refractivity contribution in [2.45, 2.75) is 231 Å². The lowest BCUT2D eigenvalue weighted by Crippen LogP contribution is -2.24. The second-order valence-corrected chi connectivity index (χ2v) is 38.5. The number of hydrogen-bond acceptors (Lipinski definition) is 29. The molecule has 33 nitrogen and oxygen atoms in total. The first-order valence-corrected chi connectivity index (χ1v) is 40.0. The van der Waals surface area contributed by atoms with Gasteiger partial charge >= 0.3 is 0 Å². The molecule has 16 heterocycles. The van der Waals surface area contributed by atoms with Crippen LogP contribution in [0.3, 0.4) is 0 Å². The number of rotatable bonds is 0. The van der Waals surface area contributed by atoms with E-state index in [1.807, 2.05) is 80.6 Å². The summed E-state index contributed by atoms with van der Waals surface area (Å²) in [6.07, 6.45) is 13.3. The topological polar surface area (TPSA) is 487 Å². The fourth-order valence-corrected chi connectivity index (χ4v) is 15.3. The Balaban J connectivity index is 0.000000165. The van der Waals surface area contributed by atoms with Crippen LogP contribution in [-0.2, 0) is 43.8 Å². The highest BCUT2D eigenvalue weighted by molar-refractivity contribution is 7.12. The SMILES string of the molecule is C.CC(C)(C)c1scc2c(=O)[nH]c(N)nc12.CC(C)(C)c1scc2c(N)ccnc12.CC(C)(C)c1snc2c(N)ncnc12.CC(C)(C)n1ccc2c(N)ccnc21.CC(C)(C)n1cnc2c(=O)[nH]cnc21.CC(C)(C)n1ncc2c(N)ncnc21.Cc1nc2c(C(C)(C)C)snc2c(=O)[nH]1.Cc1nc2c(nnn2C(C)(C)C)c(=O)[nH]1. The summed E-state index contributed by atoms with van der Waals surface area (Å²) in [5.74, 6) is 2.32. The van der Waals surface area contributed by atoms with Crippen molar-refractivity contribution in [3.63, 3.8) is 0 Å². The Morgan fingerprint density at radius 3 is 1.51 bits per heavy atom. The van der Waals surface area contributed by atoms with Gasteiger partial charge < -0.3 is 52.8 Å². The van der Waals surface area contributed by atoms with Crippen molar-refractivity contribution < 1.29 is 0 Å². The molecule has 0 amide bonds. The molecule has 0 fully saturated rings. The number of pyridine rings is 2. The average molecular weight is 1660 g/mol. The summed E-state index contributed by atoms with van der Waals surface area (Å²) in [6.45, 7) is 53.8. The zero-order valence-corrected chi connectivity index (χ0v) is 73.4. The van der Waals surface area contributed by atoms with E-state index in [1.165, 1.54) is 46.9 Å². The summed E-state index contributed by atoms with van der Waals surface area (Å²) >= 11 is 6.11. The molecule has 0 aliphatic carbocycles. The second kappa shape index (κ2) is 34.2. The molecular formula is C79H109N29O4S4. The van der Waals surface area contributed by atoms with E-state index in [4.69, 9.17) is 28.7 Å². The Kier molecular flexibility index (Phi) is 26.5. The van der Waals surface area contributed by atoms with Gasteiger partial charge in [0.05, 0.1) is 61.5 Å². The van der Waals surface area contributed by atoms with Crippen molar-refractivity contribution in [3.05, 3.63) is 152 Å². The van der Waals surface area contributed by atoms with E-state index in [0.717, 1.165) is 81.0 Å². The maximum Gasteiger partial charge on any atom is 0.281 e. The first-order chi connectivity index (χ1) is 53.2. The Morgan fingerprint density at radius 1 is 0.397 bits per heavy atom. The van der Waals surface area contributed by atoms with Gasteiger partial charge in [-0.25, -0.2) is 59.2 Å². The number of H-pyrrole nitrogens is 4. The fourth-order valence-electron chi connectivity index (χ4n) is 11.4. The molecule has 37 heteroatoms. The summed E-state index contributed by atoms with van der Waals surface area (Å²) in [4.78, 5) is 107. The molecule has 0 aromatic carbocycles. The predicted molar refractivity (Wildman–Crippen MR) is 475 cm³/mol. The van der Waals surface area contributed by atoms with E-state index in [0.29, 0.717) is 51.0 Å². The van der Waals surface area contributed by atoms with Gasteiger partial charge in [0.2, 0.25) is 5.95 Å². The van der Waals surface area contributed by atoms with Gasteiger partial charge in [0.15, 0.2) is 39.3 Å². The third-order valence-corrected chi connectivity index (χ3v) is 22.3. The number of nitrogen functional groups attached to an aromatic ring is 5. The fraction of sp³-hybridized carbons (Fsp3) is 0.443. The standard InChI is InChI=1S/C11H15N3.C11H14N2S.2C10H13N3OS.C9H13N5O.C9H13N5.C9H12N4O.C9H12N4S.CH4/c1-11(2,3)14-7-5-8-9(12)4-6-13-10(8)14;1-11(2,3)10-9-7(6-14-10)8(12)4-5-13-9;1-10(2,3)7-6-5(4-15-7)8(14)13-9(11)12-6;1-5-11-6-7(9(14)12-5)13-15-8(6)10(2,3)4;1-5-10-7-6(8(15)11-5)12-13-14(7)9(2,3)4;1-9(2,3)14-8-6(4-13-14)7(10)11-5-12-8;1-9(2,3)13-5-12-6-7(13)10-4-11-8(6)14;1-9(2,3)7-5-6(13-14-7)8(10)12-4-11-5;/h4-7H,1-3H3,(H2,12,13);4-6H,12H2,1-3H3;4H,1-3H3,(H3,11,12,13,14);1-4H3,(H,11,12,14);1-4H3,(H,10,11,15);4-5H,1-3H3,(H2,10,11,12);4-5H,1-3H3,(H,10,11,14);4H,1-3H3,(H2,10,11,12);1H4. The molecular weight excluding hydrogens is 1550 g/mol. The maximum absolute atomic E-state index is 11.6. The molecule has 16 aromatic heterocycles. The van der Waals surface area contributed by atoms with Crippen LogP contribution in [0.4, 0.5) is 29.0 Å². The van der Waals surface area contributed by atoms with Crippen molar-refractivity contribution >= 4 is 163 Å². The summed E-state index contributed by atoms with van der Waals surface area (Å²) in [5, 5.41) is 19.5. The molecule has 0 unspecified atom stereocenters. The highest BCUT2D eigenvalue weighted by Crippen LogP contribution is 2.38. The van der Waals surface area contributed by atoms with Gasteiger partial charge in [-0.1, -0.05) is 95.7 Å². The smallest absolute Gasteiger partial charge is 0.281 e. The molecule has 16 aromatic rings. The minimum Gasteiger partial charge on any atom is -0.398 e. The number of aromatic amines is 4. The molecule has 0 radical (unpaired) electrons. The normalized spacial score (nSPS) is 12.1. The van der Waals surface area contributed by atoms with Gasteiger partial charge in [0.25, 0.3) is 22.2 Å². The van der Waals surface area contributed by atoms with Crippen molar-refractivity contribution in [2.24, 2.45) is 0 Å². The number of nitrogens with two attached hydrogens (primary N) is 5. The van der Waals surface area contributed by atoms with E-state index in [9.17, 15) is 19.2 Å². The predicted octanol–water partition coefficient (Wildman–Crippen LogP) is 14.6. The van der Waals surface area contributed by atoms with E-state index in [-0.39, 0.29) is 84.9 Å². The summed E-state index contributed by atoms with van der Waals surface area (Å²) < 4.78 is 16.0. The minimum absolute atomic E-state index is 0. The lowest BCUT2D eigenvalue weighted by Gasteiger charge is -2.21. The number of aromatic nitrogens is 24. The van der Waals surface area contributed by atoms with Gasteiger partial charge in [-0.2, -0.15) is 13.8 Å². The molecule has 618 valence electrons. The number of nitrogens with one attached hydrogen (secondary N) is 4. The maximum atomic E-state index is 11.6. The third kappa shape index (κ3) is 20.6. The lowest BCUT2D eigenvalue weighted by molar-refractivity contribution is 0.356. The van der Waals surface area contributed by atoms with Crippen molar-refractivity contribution in [3.8, 4) is 0 Å². The number of thiophene rings is 2. The van der Waals surface area contributed by atoms with E-state index in [1.54, 1.807) is 66.1 Å². The molecule has 0 atom stereocenters. The zero-order valence-electron chi connectivity index (χ0n) is 70.1. The highest BCUT2D eigenvalue weighted by Gasteiger charge is 2.28. The molecule has 16 rings (SSSR count). The van der Waals surface area contributed by atoms with E-state index < -0.39 is 0 Å². The summed E-state index contributed by atoms with van der Waals surface area (Å²) in [7, 11) is 0. The Bertz CT molecular complexity index is 5770. The van der Waals surface area contributed by atoms with Crippen LogP contribution in [0.2, 0.25) is 0 Å². The first-order valence-electron chi connectivity index (χ1n) is 36.7. The van der Waals surface area contributed by atoms with Gasteiger partial charge in [0.1, 0.15) is 52.3 Å². The average Bonchev–Trinajstić information content (AvgIpc) is 1.62. The van der Waals surface area contributed by atoms with Crippen molar-refractivity contribution in [1.82, 2.24) is 117 Å². The van der Waals surface area contributed by atoms with E-state index in [2.05, 4.69) is 233 Å². The Labute approximate surface area is 687 Å². The van der Waals surface area contributed by atoms with Gasteiger partial charge in [-0.15, -0.1) is 27.8 Å². The van der Waals surface area contributed by atoms with Crippen LogP contribution < -0.4 is 50.9 Å². The number of nitrogens with zero attached hydrogens (tertiary/aromatic N) is 20. The quantitative estimate of drug-likeness (QED) is 0.0681. The zero-order chi connectivity index (χ0) is 85.4. The van der Waals surface area contributed by atoms with E-state index >= 15 is 0 Å². The summed E-state index contributed by atoms with van der Waals surface area (Å²) in [6, 6.07) is 5.69. The van der Waals surface area contributed by atoms with Crippen molar-refractivity contribution in [1.29, 1.82) is 0 Å². The van der Waals surface area contributed by atoms with Crippen LogP contribution in [-0.4, -0.2) is 117 Å². The Hall–Kier alpha value is -11.4. The largest absolute Gasteiger partial charge is 0.398 e. The lowest BCUT2D eigenvalue weighted by atomic mass is 9.93. The van der Waals surface area contributed by atoms with Crippen molar-refractivity contribution in [2.75, 3.05) is 28.7 Å². The molecule has 0 aliphatic heterocycles. The first kappa shape index (κ1) is 90.1. The Morgan fingerprint density at radius 2 is 0.922 bits per heavy atom. The minimum atomic E-state index is -0.243. The van der Waals surface area contributed by atoms with Crippen LogP contribution in [0.5, 0.6) is 0 Å². The molecule has 0 saturated carbocycles. The number of imidazole rings is 1. The van der Waals surface area contributed by atoms with Gasteiger partial charge in [-0.3, -0.25) is 29.1 Å². The monoisotopic (exact) mass is 1660 g/mol. The molecule has 0 spiro atoms. The molecule has 0 aliphatic rings. The van der Waals surface area contributed by atoms with Crippen LogP contribution in [0, 0.1) is 13.8 Å². The van der Waals surface area contributed by atoms with Gasteiger partial charge in [0, 0.05) is 83.2 Å². The number of aryl methyl sites for hydroxylation is 2. The third-order valence-electron chi connectivity index (χ3n) is 17.0. The number of anilines is 5.